The van der Waals surface area contributed by atoms with Crippen LogP contribution >= 0.6 is 24.4 Å². The molecule has 0 amide bonds. The van der Waals surface area contributed by atoms with E-state index in [0.717, 1.165) is 5.03 Å². The van der Waals surface area contributed by atoms with E-state index in [1.807, 2.05) is 6.92 Å². The molecule has 0 aromatic heterocycles. The maximum atomic E-state index is 4.03. The lowest BCUT2D eigenvalue weighted by Crippen LogP contribution is -1.71. The summed E-state index contributed by atoms with van der Waals surface area (Å²) in [5.74, 6) is 0. The van der Waals surface area contributed by atoms with Gasteiger partial charge in [-0.05, 0) is 13.6 Å². The van der Waals surface area contributed by atoms with Gasteiger partial charge in [-0.2, -0.15) is 12.6 Å². The number of hydrogen-bond donors (Lipinski definition) is 1. The van der Waals surface area contributed by atoms with E-state index in [2.05, 4.69) is 29.3 Å². The summed E-state index contributed by atoms with van der Waals surface area (Å²) in [6.07, 6.45) is 3.33. The summed E-state index contributed by atoms with van der Waals surface area (Å²) in [6, 6.07) is 0. The first-order valence-corrected chi connectivity index (χ1v) is 4.35. The zero-order valence-corrected chi connectivity index (χ0v) is 7.53. The van der Waals surface area contributed by atoms with E-state index in [9.17, 15) is 0 Å². The monoisotopic (exact) mass is 174 g/mol. The highest BCUT2D eigenvalue weighted by Gasteiger charge is 1.88. The SMILES string of the molecule is C=N/C=C(\N=CC)SCS. The van der Waals surface area contributed by atoms with E-state index >= 15 is 0 Å². The highest BCUT2D eigenvalue weighted by Crippen LogP contribution is 2.17. The second-order valence-electron chi connectivity index (χ2n) is 1.31. The Labute approximate surface area is 70.9 Å². The molecule has 0 rings (SSSR count). The molecule has 0 spiro atoms. The van der Waals surface area contributed by atoms with Gasteiger partial charge < -0.3 is 0 Å². The molecular formula is C6H10N2S2. The predicted octanol–water partition coefficient (Wildman–Crippen LogP) is 2.20. The smallest absolute Gasteiger partial charge is 0.115 e. The summed E-state index contributed by atoms with van der Waals surface area (Å²) in [5, 5.41) is 1.55. The Morgan fingerprint density at radius 3 is 2.90 bits per heavy atom. The lowest BCUT2D eigenvalue weighted by molar-refractivity contribution is 1.46. The first kappa shape index (κ1) is 9.78. The molecule has 2 nitrogen and oxygen atoms in total. The highest BCUT2D eigenvalue weighted by atomic mass is 32.2. The zero-order chi connectivity index (χ0) is 7.82. The van der Waals surface area contributed by atoms with Gasteiger partial charge >= 0.3 is 0 Å². The van der Waals surface area contributed by atoms with Crippen molar-refractivity contribution < 1.29 is 0 Å². The van der Waals surface area contributed by atoms with Crippen molar-refractivity contribution in [2.24, 2.45) is 9.98 Å². The molecule has 56 valence electrons. The van der Waals surface area contributed by atoms with Crippen LogP contribution in [-0.4, -0.2) is 18.0 Å². The lowest BCUT2D eigenvalue weighted by atomic mass is 10.8. The highest BCUT2D eigenvalue weighted by molar-refractivity contribution is 8.11. The number of hydrogen-bond acceptors (Lipinski definition) is 4. The van der Waals surface area contributed by atoms with E-state index in [1.54, 1.807) is 12.4 Å². The van der Waals surface area contributed by atoms with Crippen molar-refractivity contribution in [3.8, 4) is 0 Å². The third-order valence-corrected chi connectivity index (χ3v) is 1.69. The molecule has 0 saturated heterocycles. The molecule has 0 aliphatic rings. The summed E-state index contributed by atoms with van der Waals surface area (Å²) in [5.41, 5.74) is 0. The quantitative estimate of drug-likeness (QED) is 0.394. The normalized spacial score (nSPS) is 12.4. The van der Waals surface area contributed by atoms with Crippen molar-refractivity contribution >= 4 is 37.3 Å². The van der Waals surface area contributed by atoms with Crippen LogP contribution in [0.5, 0.6) is 0 Å². The molecule has 0 atom stereocenters. The first-order valence-electron chi connectivity index (χ1n) is 2.73. The maximum Gasteiger partial charge on any atom is 0.115 e. The summed E-state index contributed by atoms with van der Waals surface area (Å²) in [7, 11) is 0. The first-order chi connectivity index (χ1) is 4.85. The third kappa shape index (κ3) is 4.64. The molecule has 4 heteroatoms. The number of aliphatic imine (C=N–C) groups is 2. The topological polar surface area (TPSA) is 24.7 Å². The second-order valence-corrected chi connectivity index (χ2v) is 3.05. The molecule has 0 saturated carbocycles. The summed E-state index contributed by atoms with van der Waals surface area (Å²) in [4.78, 5) is 7.61. The van der Waals surface area contributed by atoms with Gasteiger partial charge in [-0.25, -0.2) is 0 Å². The summed E-state index contributed by atoms with van der Waals surface area (Å²) in [6.45, 7) is 5.18. The number of nitrogens with zero attached hydrogens (tertiary/aromatic N) is 2. The predicted molar refractivity (Wildman–Crippen MR) is 53.2 cm³/mol. The Kier molecular flexibility index (Phi) is 6.74. The van der Waals surface area contributed by atoms with Crippen molar-refractivity contribution in [3.63, 3.8) is 0 Å². The Hall–Kier alpha value is -0.220. The fourth-order valence-electron chi connectivity index (χ4n) is 0.379. The van der Waals surface area contributed by atoms with Crippen LogP contribution in [0.3, 0.4) is 0 Å². The van der Waals surface area contributed by atoms with Crippen LogP contribution in [0.25, 0.3) is 0 Å². The van der Waals surface area contributed by atoms with Gasteiger partial charge in [0.25, 0.3) is 0 Å². The fraction of sp³-hybridized carbons (Fsp3) is 0.333. The molecule has 0 bridgehead atoms. The van der Waals surface area contributed by atoms with Crippen LogP contribution in [0.1, 0.15) is 6.92 Å². The molecular weight excluding hydrogens is 164 g/mol. The van der Waals surface area contributed by atoms with E-state index in [1.165, 1.54) is 11.8 Å². The van der Waals surface area contributed by atoms with Gasteiger partial charge in [-0.15, -0.1) is 0 Å². The summed E-state index contributed by atoms with van der Waals surface area (Å²) >= 11 is 5.55. The Balaban J connectivity index is 3.96. The van der Waals surface area contributed by atoms with E-state index in [0.29, 0.717) is 5.08 Å². The fourth-order valence-corrected chi connectivity index (χ4v) is 1.24. The number of rotatable bonds is 4. The van der Waals surface area contributed by atoms with E-state index in [-0.39, 0.29) is 0 Å². The van der Waals surface area contributed by atoms with E-state index < -0.39 is 0 Å². The molecule has 0 aliphatic carbocycles. The molecule has 0 heterocycles. The van der Waals surface area contributed by atoms with Gasteiger partial charge in [-0.3, -0.25) is 9.98 Å². The zero-order valence-electron chi connectivity index (χ0n) is 5.82. The standard InChI is InChI=1S/C6H10N2S2/c1-3-8-6(4-7-2)10-5-9/h3-4,9H,2,5H2,1H3/b6-4+,8-3?. The molecule has 0 radical (unpaired) electrons. The molecule has 0 fully saturated rings. The average Bonchev–Trinajstić information content (AvgIpc) is 1.90. The number of thioether (sulfide) groups is 1. The van der Waals surface area contributed by atoms with Gasteiger partial charge in [0.1, 0.15) is 5.03 Å². The minimum Gasteiger partial charge on any atom is -0.270 e. The third-order valence-electron chi connectivity index (χ3n) is 0.670. The van der Waals surface area contributed by atoms with Gasteiger partial charge in [0.15, 0.2) is 0 Å². The molecule has 0 unspecified atom stereocenters. The Morgan fingerprint density at radius 2 is 2.50 bits per heavy atom. The Bertz CT molecular complexity index is 152. The van der Waals surface area contributed by atoms with Gasteiger partial charge in [0.2, 0.25) is 0 Å². The van der Waals surface area contributed by atoms with Crippen LogP contribution in [0.15, 0.2) is 21.2 Å². The average molecular weight is 174 g/mol. The molecule has 0 N–H and O–H groups in total. The largest absolute Gasteiger partial charge is 0.270 e. The van der Waals surface area contributed by atoms with Crippen LogP contribution in [-0.2, 0) is 0 Å². The van der Waals surface area contributed by atoms with Crippen molar-refractivity contribution in [2.45, 2.75) is 6.92 Å². The van der Waals surface area contributed by atoms with E-state index in [4.69, 9.17) is 0 Å². The van der Waals surface area contributed by atoms with Gasteiger partial charge in [-0.1, -0.05) is 11.8 Å². The molecule has 0 aromatic carbocycles. The lowest BCUT2D eigenvalue weighted by Gasteiger charge is -1.93. The van der Waals surface area contributed by atoms with Crippen molar-refractivity contribution in [1.82, 2.24) is 0 Å². The minimum atomic E-state index is 0.707. The van der Waals surface area contributed by atoms with Gasteiger partial charge in [0, 0.05) is 11.3 Å². The molecule has 10 heavy (non-hydrogen) atoms. The molecule has 0 aliphatic heterocycles. The minimum absolute atomic E-state index is 0.707. The second kappa shape index (κ2) is 6.89. The van der Waals surface area contributed by atoms with Crippen LogP contribution in [0, 0.1) is 0 Å². The van der Waals surface area contributed by atoms with Crippen molar-refractivity contribution in [3.05, 3.63) is 11.2 Å². The molecule has 0 aromatic rings. The number of thiol groups is 1. The van der Waals surface area contributed by atoms with Gasteiger partial charge in [0.05, 0.1) is 6.20 Å². The summed E-state index contributed by atoms with van der Waals surface area (Å²) < 4.78 is 0. The van der Waals surface area contributed by atoms with Crippen molar-refractivity contribution in [2.75, 3.05) is 5.08 Å². The van der Waals surface area contributed by atoms with Crippen LogP contribution < -0.4 is 0 Å². The maximum absolute atomic E-state index is 4.03. The Morgan fingerprint density at radius 1 is 1.80 bits per heavy atom. The van der Waals surface area contributed by atoms with Crippen molar-refractivity contribution in [1.29, 1.82) is 0 Å². The van der Waals surface area contributed by atoms with Crippen LogP contribution in [0.4, 0.5) is 0 Å². The van der Waals surface area contributed by atoms with Crippen LogP contribution in [0.2, 0.25) is 0 Å².